The number of aliphatic carboxylic acids is 1. The highest BCUT2D eigenvalue weighted by molar-refractivity contribution is 5.89. The summed E-state index contributed by atoms with van der Waals surface area (Å²) in [5.41, 5.74) is 4.59. The highest BCUT2D eigenvalue weighted by Crippen LogP contribution is 2.20. The summed E-state index contributed by atoms with van der Waals surface area (Å²) in [7, 11) is 0. The van der Waals surface area contributed by atoms with Gasteiger partial charge in [-0.15, -0.1) is 5.10 Å². The van der Waals surface area contributed by atoms with Crippen molar-refractivity contribution in [2.75, 3.05) is 0 Å². The summed E-state index contributed by atoms with van der Waals surface area (Å²) >= 11 is 0. The molecule has 2 aromatic carbocycles. The zero-order chi connectivity index (χ0) is 17.1. The van der Waals surface area contributed by atoms with Crippen LogP contribution in [-0.2, 0) is 4.79 Å². The summed E-state index contributed by atoms with van der Waals surface area (Å²) in [6.07, 6.45) is 2.88. The number of aryl methyl sites for hydroxylation is 1. The van der Waals surface area contributed by atoms with E-state index in [9.17, 15) is 4.79 Å². The zero-order valence-corrected chi connectivity index (χ0v) is 13.5. The third kappa shape index (κ3) is 3.41. The molecule has 1 heterocycles. The molecule has 0 fully saturated rings. The number of hydrogen-bond donors (Lipinski definition) is 1. The van der Waals surface area contributed by atoms with Gasteiger partial charge in [-0.3, -0.25) is 0 Å². The first-order chi connectivity index (χ1) is 11.5. The van der Waals surface area contributed by atoms with Crippen LogP contribution in [0, 0.1) is 6.92 Å². The lowest BCUT2D eigenvalue weighted by atomic mass is 10.0. The van der Waals surface area contributed by atoms with Crippen LogP contribution in [0.1, 0.15) is 18.1 Å². The first-order valence-corrected chi connectivity index (χ1v) is 7.54. The molecular formula is C19H17N3O2. The number of benzene rings is 2. The van der Waals surface area contributed by atoms with Gasteiger partial charge in [0.2, 0.25) is 0 Å². The van der Waals surface area contributed by atoms with Crippen LogP contribution in [-0.4, -0.2) is 25.8 Å². The molecule has 0 saturated carbocycles. The highest BCUT2D eigenvalue weighted by Gasteiger charge is 2.06. The minimum Gasteiger partial charge on any atom is -0.478 e. The standard InChI is InChI=1S/C19H17N3O2/c1-13-3-9-17(10-4-13)22-12-20-19(21-22)16-7-5-15(6-8-16)14(2)11-18(23)24/h3-12H,1-2H3,(H,23,24)/b14-11+. The number of carboxylic acids is 1. The van der Waals surface area contributed by atoms with E-state index in [0.29, 0.717) is 11.4 Å². The van der Waals surface area contributed by atoms with Crippen molar-refractivity contribution in [2.45, 2.75) is 13.8 Å². The number of carbonyl (C=O) groups is 1. The van der Waals surface area contributed by atoms with E-state index >= 15 is 0 Å². The second-order valence-corrected chi connectivity index (χ2v) is 5.59. The summed E-state index contributed by atoms with van der Waals surface area (Å²) in [5, 5.41) is 13.3. The van der Waals surface area contributed by atoms with E-state index in [1.165, 1.54) is 11.6 Å². The van der Waals surface area contributed by atoms with Gasteiger partial charge < -0.3 is 5.11 Å². The molecule has 0 aliphatic rings. The molecule has 5 heteroatoms. The molecule has 1 N–H and O–H groups in total. The summed E-state index contributed by atoms with van der Waals surface area (Å²) < 4.78 is 1.73. The van der Waals surface area contributed by atoms with Gasteiger partial charge in [0.05, 0.1) is 5.69 Å². The minimum atomic E-state index is -0.949. The van der Waals surface area contributed by atoms with Crippen molar-refractivity contribution in [2.24, 2.45) is 0 Å². The van der Waals surface area contributed by atoms with E-state index in [1.807, 2.05) is 55.5 Å². The Morgan fingerprint density at radius 3 is 2.38 bits per heavy atom. The summed E-state index contributed by atoms with van der Waals surface area (Å²) in [6, 6.07) is 15.6. The molecular weight excluding hydrogens is 302 g/mol. The van der Waals surface area contributed by atoms with E-state index in [0.717, 1.165) is 16.8 Å². The van der Waals surface area contributed by atoms with Gasteiger partial charge in [-0.05, 0) is 37.1 Å². The quantitative estimate of drug-likeness (QED) is 0.744. The molecule has 0 amide bonds. The molecule has 0 spiro atoms. The van der Waals surface area contributed by atoms with Gasteiger partial charge in [-0.2, -0.15) is 0 Å². The Hall–Kier alpha value is -3.21. The molecule has 0 saturated heterocycles. The molecule has 0 aliphatic heterocycles. The van der Waals surface area contributed by atoms with E-state index in [2.05, 4.69) is 10.1 Å². The van der Waals surface area contributed by atoms with Crippen molar-refractivity contribution >= 4 is 11.5 Å². The van der Waals surface area contributed by atoms with Gasteiger partial charge in [-0.25, -0.2) is 14.5 Å². The minimum absolute atomic E-state index is 0.627. The Morgan fingerprint density at radius 1 is 1.08 bits per heavy atom. The third-order valence-electron chi connectivity index (χ3n) is 3.73. The van der Waals surface area contributed by atoms with E-state index in [4.69, 9.17) is 5.11 Å². The smallest absolute Gasteiger partial charge is 0.328 e. The molecule has 0 radical (unpaired) electrons. The van der Waals surface area contributed by atoms with Crippen LogP contribution in [0.5, 0.6) is 0 Å². The monoisotopic (exact) mass is 319 g/mol. The highest BCUT2D eigenvalue weighted by atomic mass is 16.4. The maximum absolute atomic E-state index is 10.7. The fourth-order valence-corrected chi connectivity index (χ4v) is 2.37. The second-order valence-electron chi connectivity index (χ2n) is 5.59. The predicted molar refractivity (Wildman–Crippen MR) is 92.8 cm³/mol. The second kappa shape index (κ2) is 6.50. The number of carboxylic acid groups (broad SMARTS) is 1. The van der Waals surface area contributed by atoms with Crippen molar-refractivity contribution in [1.82, 2.24) is 14.8 Å². The lowest BCUT2D eigenvalue weighted by molar-refractivity contribution is -0.131. The van der Waals surface area contributed by atoms with Crippen molar-refractivity contribution < 1.29 is 9.90 Å². The zero-order valence-electron chi connectivity index (χ0n) is 13.5. The van der Waals surface area contributed by atoms with Crippen LogP contribution in [0.4, 0.5) is 0 Å². The van der Waals surface area contributed by atoms with Crippen molar-refractivity contribution in [3.8, 4) is 17.1 Å². The lowest BCUT2D eigenvalue weighted by Gasteiger charge is -2.02. The Morgan fingerprint density at radius 2 is 1.75 bits per heavy atom. The lowest BCUT2D eigenvalue weighted by Crippen LogP contribution is -1.94. The van der Waals surface area contributed by atoms with Crippen molar-refractivity contribution in [1.29, 1.82) is 0 Å². The molecule has 0 aliphatic carbocycles. The molecule has 1 aromatic heterocycles. The molecule has 0 bridgehead atoms. The molecule has 5 nitrogen and oxygen atoms in total. The Bertz CT molecular complexity index is 891. The third-order valence-corrected chi connectivity index (χ3v) is 3.73. The van der Waals surface area contributed by atoms with Gasteiger partial charge in [0, 0.05) is 11.6 Å². The van der Waals surface area contributed by atoms with Crippen LogP contribution in [0.3, 0.4) is 0 Å². The number of allylic oxidation sites excluding steroid dienone is 1. The topological polar surface area (TPSA) is 68.0 Å². The first-order valence-electron chi connectivity index (χ1n) is 7.54. The Balaban J connectivity index is 1.85. The average Bonchev–Trinajstić information content (AvgIpc) is 3.05. The van der Waals surface area contributed by atoms with E-state index in [1.54, 1.807) is 17.9 Å². The summed E-state index contributed by atoms with van der Waals surface area (Å²) in [6.45, 7) is 3.81. The van der Waals surface area contributed by atoms with Crippen LogP contribution in [0.25, 0.3) is 22.6 Å². The molecule has 3 rings (SSSR count). The Kier molecular flexibility index (Phi) is 4.24. The largest absolute Gasteiger partial charge is 0.478 e. The van der Waals surface area contributed by atoms with Gasteiger partial charge in [0.1, 0.15) is 6.33 Å². The van der Waals surface area contributed by atoms with E-state index < -0.39 is 5.97 Å². The number of nitrogens with zero attached hydrogens (tertiary/aromatic N) is 3. The van der Waals surface area contributed by atoms with Gasteiger partial charge in [-0.1, -0.05) is 42.0 Å². The number of aromatic nitrogens is 3. The van der Waals surface area contributed by atoms with Crippen molar-refractivity contribution in [3.05, 3.63) is 72.1 Å². The SMILES string of the molecule is C/C(=C\C(=O)O)c1ccc(-c2ncn(-c3ccc(C)cc3)n2)cc1. The molecule has 0 atom stereocenters. The number of hydrogen-bond acceptors (Lipinski definition) is 3. The predicted octanol–water partition coefficient (Wildman–Crippen LogP) is 3.73. The molecule has 24 heavy (non-hydrogen) atoms. The fourth-order valence-electron chi connectivity index (χ4n) is 2.37. The van der Waals surface area contributed by atoms with Crippen LogP contribution < -0.4 is 0 Å². The van der Waals surface area contributed by atoms with Gasteiger partial charge >= 0.3 is 5.97 Å². The van der Waals surface area contributed by atoms with Gasteiger partial charge in [0.15, 0.2) is 5.82 Å². The van der Waals surface area contributed by atoms with E-state index in [-0.39, 0.29) is 0 Å². The maximum atomic E-state index is 10.7. The molecule has 3 aromatic rings. The molecule has 120 valence electrons. The van der Waals surface area contributed by atoms with Crippen LogP contribution >= 0.6 is 0 Å². The first kappa shape index (κ1) is 15.7. The summed E-state index contributed by atoms with van der Waals surface area (Å²) in [4.78, 5) is 15.1. The maximum Gasteiger partial charge on any atom is 0.328 e. The summed E-state index contributed by atoms with van der Waals surface area (Å²) in [5.74, 6) is -0.322. The Labute approximate surface area is 139 Å². The average molecular weight is 319 g/mol. The molecule has 0 unspecified atom stereocenters. The van der Waals surface area contributed by atoms with Crippen LogP contribution in [0.15, 0.2) is 60.9 Å². The number of rotatable bonds is 4. The van der Waals surface area contributed by atoms with Gasteiger partial charge in [0.25, 0.3) is 0 Å². The normalized spacial score (nSPS) is 11.5. The van der Waals surface area contributed by atoms with Crippen molar-refractivity contribution in [3.63, 3.8) is 0 Å². The van der Waals surface area contributed by atoms with Crippen LogP contribution in [0.2, 0.25) is 0 Å². The fraction of sp³-hybridized carbons (Fsp3) is 0.105.